The molecule has 0 atom stereocenters. The van der Waals surface area contributed by atoms with E-state index in [0.29, 0.717) is 16.8 Å². The van der Waals surface area contributed by atoms with Gasteiger partial charge in [-0.3, -0.25) is 4.79 Å². The van der Waals surface area contributed by atoms with E-state index in [2.05, 4.69) is 10.2 Å². The second-order valence-corrected chi connectivity index (χ2v) is 5.29. The number of carbonyl (C=O) groups excluding carboxylic acids is 1. The third-order valence-corrected chi connectivity index (χ3v) is 3.54. The first-order chi connectivity index (χ1) is 12.3. The van der Waals surface area contributed by atoms with Gasteiger partial charge in [0, 0.05) is 11.1 Å². The number of carbonyl (C=O) groups is 1. The second-order valence-electron chi connectivity index (χ2n) is 5.29. The average Bonchev–Trinajstić information content (AvgIpc) is 2.70. The molecule has 0 aliphatic rings. The molecule has 0 radical (unpaired) electrons. The van der Waals surface area contributed by atoms with Gasteiger partial charge in [0.15, 0.2) is 11.5 Å². The average molecular weight is 328 g/mol. The minimum absolute atomic E-state index is 0.0961. The summed E-state index contributed by atoms with van der Waals surface area (Å²) in [5, 5.41) is 18.7. The maximum absolute atomic E-state index is 12.8. The van der Waals surface area contributed by atoms with Gasteiger partial charge in [0.25, 0.3) is 0 Å². The summed E-state index contributed by atoms with van der Waals surface area (Å²) < 4.78 is 0. The molecule has 0 heterocycles. The Balaban J connectivity index is 2.05. The predicted octanol–water partition coefficient (Wildman–Crippen LogP) is 5.58. The van der Waals surface area contributed by atoms with Crippen LogP contribution in [0.3, 0.4) is 0 Å². The zero-order valence-corrected chi connectivity index (χ0v) is 13.4. The molecule has 3 rings (SSSR count). The Kier molecular flexibility index (Phi) is 5.12. The topological polar surface area (TPSA) is 62.0 Å². The monoisotopic (exact) mass is 328 g/mol. The number of benzene rings is 3. The third kappa shape index (κ3) is 4.06. The molecule has 0 aliphatic carbocycles. The van der Waals surface area contributed by atoms with Crippen LogP contribution < -0.4 is 0 Å². The molecule has 1 N–H and O–H groups in total. The van der Waals surface area contributed by atoms with Gasteiger partial charge in [0.2, 0.25) is 5.78 Å². The molecule has 0 fully saturated rings. The molecule has 4 nitrogen and oxygen atoms in total. The molecule has 0 saturated carbocycles. The number of Topliss-reactive ketones (excluding diaryl/α,β-unsaturated/α-hetero) is 1. The molecule has 0 spiro atoms. The number of azo groups is 1. The summed E-state index contributed by atoms with van der Waals surface area (Å²) in [4.78, 5) is 12.8. The minimum atomic E-state index is -0.387. The van der Waals surface area contributed by atoms with Crippen LogP contribution in [-0.2, 0) is 0 Å². The highest BCUT2D eigenvalue weighted by molar-refractivity contribution is 6.12. The summed E-state index contributed by atoms with van der Waals surface area (Å²) in [6.07, 6.45) is 0. The molecular formula is C21H16N2O2. The standard InChI is InChI=1S/C21H16N2O2/c24-20(16-10-4-1-5-11-16)19(21(25)17-12-6-2-7-13-17)23-22-18-14-8-3-9-15-18/h1-15,24H/b20-19-,23-22?. The molecule has 3 aromatic carbocycles. The third-order valence-electron chi connectivity index (χ3n) is 3.54. The molecule has 0 bridgehead atoms. The Morgan fingerprint density at radius 3 is 1.72 bits per heavy atom. The van der Waals surface area contributed by atoms with Crippen LogP contribution in [0.4, 0.5) is 5.69 Å². The van der Waals surface area contributed by atoms with E-state index in [1.54, 1.807) is 60.7 Å². The molecule has 0 aliphatic heterocycles. The van der Waals surface area contributed by atoms with Crippen molar-refractivity contribution in [3.05, 3.63) is 108 Å². The van der Waals surface area contributed by atoms with Crippen molar-refractivity contribution in [2.24, 2.45) is 10.2 Å². The second kappa shape index (κ2) is 7.84. The van der Waals surface area contributed by atoms with E-state index in [1.165, 1.54) is 0 Å². The van der Waals surface area contributed by atoms with E-state index in [1.807, 2.05) is 30.3 Å². The maximum Gasteiger partial charge on any atom is 0.217 e. The van der Waals surface area contributed by atoms with Crippen LogP contribution in [-0.4, -0.2) is 10.9 Å². The number of ketones is 1. The number of aliphatic hydroxyl groups is 1. The lowest BCUT2D eigenvalue weighted by atomic mass is 10.1. The number of allylic oxidation sites excluding steroid dienone is 1. The van der Waals surface area contributed by atoms with Crippen molar-refractivity contribution >= 4 is 17.2 Å². The van der Waals surface area contributed by atoms with Gasteiger partial charge in [0.05, 0.1) is 5.69 Å². The minimum Gasteiger partial charge on any atom is -0.505 e. The number of hydrogen-bond acceptors (Lipinski definition) is 4. The molecule has 4 heteroatoms. The van der Waals surface area contributed by atoms with Crippen LogP contribution >= 0.6 is 0 Å². The zero-order chi connectivity index (χ0) is 17.5. The van der Waals surface area contributed by atoms with Crippen LogP contribution in [0, 0.1) is 0 Å². The number of aliphatic hydroxyl groups excluding tert-OH is 1. The normalized spacial score (nSPS) is 12.0. The molecule has 122 valence electrons. The van der Waals surface area contributed by atoms with Crippen molar-refractivity contribution in [3.8, 4) is 0 Å². The number of nitrogens with zero attached hydrogens (tertiary/aromatic N) is 2. The van der Waals surface area contributed by atoms with Crippen LogP contribution in [0.15, 0.2) is 107 Å². The number of hydrogen-bond donors (Lipinski definition) is 1. The lowest BCUT2D eigenvalue weighted by Gasteiger charge is -2.06. The Morgan fingerprint density at radius 2 is 1.16 bits per heavy atom. The van der Waals surface area contributed by atoms with Gasteiger partial charge >= 0.3 is 0 Å². The summed E-state index contributed by atoms with van der Waals surface area (Å²) in [7, 11) is 0. The lowest BCUT2D eigenvalue weighted by Crippen LogP contribution is -2.04. The first-order valence-corrected chi connectivity index (χ1v) is 7.81. The van der Waals surface area contributed by atoms with Crippen LogP contribution in [0.1, 0.15) is 15.9 Å². The van der Waals surface area contributed by atoms with Gasteiger partial charge in [-0.15, -0.1) is 5.11 Å². The van der Waals surface area contributed by atoms with E-state index in [4.69, 9.17) is 0 Å². The van der Waals surface area contributed by atoms with Gasteiger partial charge in [0.1, 0.15) is 0 Å². The Morgan fingerprint density at radius 1 is 0.680 bits per heavy atom. The van der Waals surface area contributed by atoms with Gasteiger partial charge in [-0.05, 0) is 12.1 Å². The van der Waals surface area contributed by atoms with Crippen LogP contribution in [0.2, 0.25) is 0 Å². The molecular weight excluding hydrogens is 312 g/mol. The van der Waals surface area contributed by atoms with Crippen molar-refractivity contribution in [1.82, 2.24) is 0 Å². The maximum atomic E-state index is 12.8. The lowest BCUT2D eigenvalue weighted by molar-refractivity contribution is 0.103. The van der Waals surface area contributed by atoms with E-state index >= 15 is 0 Å². The quantitative estimate of drug-likeness (QED) is 0.287. The zero-order valence-electron chi connectivity index (χ0n) is 13.4. The van der Waals surface area contributed by atoms with Gasteiger partial charge in [-0.25, -0.2) is 0 Å². The van der Waals surface area contributed by atoms with E-state index < -0.39 is 0 Å². The Hall–Kier alpha value is -3.53. The highest BCUT2D eigenvalue weighted by atomic mass is 16.3. The van der Waals surface area contributed by atoms with Crippen molar-refractivity contribution < 1.29 is 9.90 Å². The van der Waals surface area contributed by atoms with Crippen molar-refractivity contribution in [2.75, 3.05) is 0 Å². The first-order valence-electron chi connectivity index (χ1n) is 7.81. The molecule has 25 heavy (non-hydrogen) atoms. The summed E-state index contributed by atoms with van der Waals surface area (Å²) in [6.45, 7) is 0. The molecule has 3 aromatic rings. The smallest absolute Gasteiger partial charge is 0.217 e. The van der Waals surface area contributed by atoms with E-state index in [-0.39, 0.29) is 17.2 Å². The van der Waals surface area contributed by atoms with Crippen molar-refractivity contribution in [2.45, 2.75) is 0 Å². The first kappa shape index (κ1) is 16.3. The summed E-state index contributed by atoms with van der Waals surface area (Å²) >= 11 is 0. The Bertz CT molecular complexity index is 902. The molecule has 0 aromatic heterocycles. The van der Waals surface area contributed by atoms with Gasteiger partial charge in [-0.2, -0.15) is 5.11 Å². The van der Waals surface area contributed by atoms with Crippen molar-refractivity contribution in [3.63, 3.8) is 0 Å². The molecule has 0 unspecified atom stereocenters. The summed E-state index contributed by atoms with van der Waals surface area (Å²) in [6, 6.07) is 26.6. The van der Waals surface area contributed by atoms with Crippen molar-refractivity contribution in [1.29, 1.82) is 0 Å². The van der Waals surface area contributed by atoms with Gasteiger partial charge in [-0.1, -0.05) is 78.9 Å². The largest absolute Gasteiger partial charge is 0.505 e. The SMILES string of the molecule is O=C(/C(N=Nc1ccccc1)=C(/O)c1ccccc1)c1ccccc1. The van der Waals surface area contributed by atoms with E-state index in [9.17, 15) is 9.90 Å². The van der Waals surface area contributed by atoms with Crippen LogP contribution in [0.25, 0.3) is 5.76 Å². The summed E-state index contributed by atoms with van der Waals surface area (Å²) in [5.74, 6) is -0.587. The van der Waals surface area contributed by atoms with Crippen LogP contribution in [0.5, 0.6) is 0 Å². The Labute approximate surface area is 145 Å². The van der Waals surface area contributed by atoms with E-state index in [0.717, 1.165) is 0 Å². The fourth-order valence-corrected chi connectivity index (χ4v) is 2.26. The summed E-state index contributed by atoms with van der Waals surface area (Å²) in [5.41, 5.74) is 1.45. The number of rotatable bonds is 5. The molecule has 0 saturated heterocycles. The van der Waals surface area contributed by atoms with Gasteiger partial charge < -0.3 is 5.11 Å². The predicted molar refractivity (Wildman–Crippen MR) is 97.7 cm³/mol. The fraction of sp³-hybridized carbons (Fsp3) is 0. The fourth-order valence-electron chi connectivity index (χ4n) is 2.26. The molecule has 0 amide bonds. The highest BCUT2D eigenvalue weighted by Gasteiger charge is 2.18. The highest BCUT2D eigenvalue weighted by Crippen LogP contribution is 2.22.